The second kappa shape index (κ2) is 5.80. The minimum Gasteiger partial charge on any atom is -0.366 e. The molecule has 1 aromatic heterocycles. The van der Waals surface area contributed by atoms with Crippen molar-refractivity contribution < 1.29 is 4.79 Å². The molecule has 0 spiro atoms. The van der Waals surface area contributed by atoms with Gasteiger partial charge in [-0.1, -0.05) is 11.6 Å². The van der Waals surface area contributed by atoms with Crippen LogP contribution in [0.1, 0.15) is 23.7 Å². The van der Waals surface area contributed by atoms with Gasteiger partial charge in [0.05, 0.1) is 10.6 Å². The standard InChI is InChI=1S/C12H16ClN3OS/c1-8-2-4-18-5-3-16(8)12-10(13)6-9(7-15-12)11(14)17/h6-8H,2-5H2,1H3,(H2,14,17). The number of thioether (sulfide) groups is 1. The maximum Gasteiger partial charge on any atom is 0.250 e. The molecule has 6 heteroatoms. The van der Waals surface area contributed by atoms with Gasteiger partial charge in [0.2, 0.25) is 5.91 Å². The molecule has 1 aromatic rings. The van der Waals surface area contributed by atoms with Crippen molar-refractivity contribution in [2.24, 2.45) is 5.73 Å². The monoisotopic (exact) mass is 285 g/mol. The maximum atomic E-state index is 11.1. The molecule has 1 saturated heterocycles. The molecule has 2 N–H and O–H groups in total. The third-order valence-electron chi connectivity index (χ3n) is 3.07. The van der Waals surface area contributed by atoms with Gasteiger partial charge in [-0.05, 0) is 25.2 Å². The number of carbonyl (C=O) groups is 1. The fourth-order valence-electron chi connectivity index (χ4n) is 1.99. The fourth-order valence-corrected chi connectivity index (χ4v) is 3.30. The molecule has 2 heterocycles. The molecule has 1 amide bonds. The fraction of sp³-hybridized carbons (Fsp3) is 0.500. The van der Waals surface area contributed by atoms with E-state index in [1.54, 1.807) is 6.07 Å². The average Bonchev–Trinajstić information content (AvgIpc) is 2.54. The Hall–Kier alpha value is -0.940. The van der Waals surface area contributed by atoms with Crippen LogP contribution in [0.4, 0.5) is 5.82 Å². The SMILES string of the molecule is CC1CCSCCN1c1ncc(C(N)=O)cc1Cl. The maximum absolute atomic E-state index is 11.1. The van der Waals surface area contributed by atoms with Crippen molar-refractivity contribution in [1.29, 1.82) is 0 Å². The topological polar surface area (TPSA) is 59.2 Å². The van der Waals surface area contributed by atoms with E-state index in [2.05, 4.69) is 16.8 Å². The Morgan fingerprint density at radius 1 is 1.61 bits per heavy atom. The number of pyridine rings is 1. The number of nitrogens with two attached hydrogens (primary N) is 1. The van der Waals surface area contributed by atoms with Gasteiger partial charge in [0.1, 0.15) is 5.82 Å². The summed E-state index contributed by atoms with van der Waals surface area (Å²) in [6.45, 7) is 3.10. The third kappa shape index (κ3) is 2.90. The molecule has 2 rings (SSSR count). The zero-order valence-corrected chi connectivity index (χ0v) is 11.8. The Labute approximate surface area is 116 Å². The summed E-state index contributed by atoms with van der Waals surface area (Å²) < 4.78 is 0. The van der Waals surface area contributed by atoms with Crippen LogP contribution in [0.3, 0.4) is 0 Å². The molecule has 0 bridgehead atoms. The van der Waals surface area contributed by atoms with Crippen molar-refractivity contribution >= 4 is 35.1 Å². The van der Waals surface area contributed by atoms with Crippen LogP contribution in [0.2, 0.25) is 5.02 Å². The predicted octanol–water partition coefficient (Wildman–Crippen LogP) is 2.17. The van der Waals surface area contributed by atoms with Crippen LogP contribution in [-0.4, -0.2) is 35.0 Å². The second-order valence-electron chi connectivity index (χ2n) is 4.34. The Bertz CT molecular complexity index is 455. The van der Waals surface area contributed by atoms with Gasteiger partial charge in [0.25, 0.3) is 0 Å². The molecule has 18 heavy (non-hydrogen) atoms. The van der Waals surface area contributed by atoms with Gasteiger partial charge in [-0.15, -0.1) is 0 Å². The van der Waals surface area contributed by atoms with Gasteiger partial charge in [-0.25, -0.2) is 4.98 Å². The molecule has 1 aliphatic heterocycles. The van der Waals surface area contributed by atoms with Crippen molar-refractivity contribution in [1.82, 2.24) is 4.98 Å². The van der Waals surface area contributed by atoms with Gasteiger partial charge in [0, 0.05) is 24.5 Å². The molecular formula is C12H16ClN3OS. The molecule has 1 fully saturated rings. The van der Waals surface area contributed by atoms with E-state index in [1.165, 1.54) is 6.20 Å². The van der Waals surface area contributed by atoms with E-state index in [-0.39, 0.29) is 0 Å². The van der Waals surface area contributed by atoms with Crippen LogP contribution in [0.5, 0.6) is 0 Å². The smallest absolute Gasteiger partial charge is 0.250 e. The first-order valence-electron chi connectivity index (χ1n) is 5.89. The lowest BCUT2D eigenvalue weighted by molar-refractivity contribution is 0.1000. The van der Waals surface area contributed by atoms with Crippen molar-refractivity contribution in [3.8, 4) is 0 Å². The Morgan fingerprint density at radius 3 is 3.06 bits per heavy atom. The van der Waals surface area contributed by atoms with E-state index in [1.807, 2.05) is 11.8 Å². The highest BCUT2D eigenvalue weighted by Gasteiger charge is 2.21. The molecule has 4 nitrogen and oxygen atoms in total. The molecule has 0 saturated carbocycles. The quantitative estimate of drug-likeness (QED) is 0.905. The van der Waals surface area contributed by atoms with Crippen molar-refractivity contribution in [3.05, 3.63) is 22.8 Å². The van der Waals surface area contributed by atoms with E-state index in [9.17, 15) is 4.79 Å². The summed E-state index contributed by atoms with van der Waals surface area (Å²) in [6.07, 6.45) is 2.61. The Balaban J connectivity index is 2.29. The zero-order valence-electron chi connectivity index (χ0n) is 10.2. The largest absolute Gasteiger partial charge is 0.366 e. The number of nitrogens with zero attached hydrogens (tertiary/aromatic N) is 2. The first-order valence-corrected chi connectivity index (χ1v) is 7.42. The summed E-state index contributed by atoms with van der Waals surface area (Å²) in [6, 6.07) is 2.00. The van der Waals surface area contributed by atoms with Crippen molar-refractivity contribution in [2.45, 2.75) is 19.4 Å². The minimum absolute atomic E-state index is 0.348. The van der Waals surface area contributed by atoms with Gasteiger partial charge < -0.3 is 10.6 Å². The van der Waals surface area contributed by atoms with Gasteiger partial charge in [-0.3, -0.25) is 4.79 Å². The molecule has 1 unspecified atom stereocenters. The van der Waals surface area contributed by atoms with Crippen LogP contribution in [0.25, 0.3) is 0 Å². The van der Waals surface area contributed by atoms with Crippen molar-refractivity contribution in [2.75, 3.05) is 23.0 Å². The van der Waals surface area contributed by atoms with Crippen LogP contribution in [-0.2, 0) is 0 Å². The Morgan fingerprint density at radius 2 is 2.39 bits per heavy atom. The number of aromatic nitrogens is 1. The first-order chi connectivity index (χ1) is 8.59. The zero-order chi connectivity index (χ0) is 13.1. The number of hydrogen-bond acceptors (Lipinski definition) is 4. The van der Waals surface area contributed by atoms with Gasteiger partial charge in [-0.2, -0.15) is 11.8 Å². The van der Waals surface area contributed by atoms with E-state index in [0.717, 1.165) is 30.3 Å². The average molecular weight is 286 g/mol. The number of halogens is 1. The highest BCUT2D eigenvalue weighted by Crippen LogP contribution is 2.28. The summed E-state index contributed by atoms with van der Waals surface area (Å²) in [7, 11) is 0. The van der Waals surface area contributed by atoms with Crippen LogP contribution < -0.4 is 10.6 Å². The van der Waals surface area contributed by atoms with Gasteiger partial charge in [0.15, 0.2) is 0 Å². The lowest BCUT2D eigenvalue weighted by Crippen LogP contribution is -2.34. The van der Waals surface area contributed by atoms with Crippen LogP contribution >= 0.6 is 23.4 Å². The van der Waals surface area contributed by atoms with E-state index < -0.39 is 5.91 Å². The van der Waals surface area contributed by atoms with E-state index in [0.29, 0.717) is 16.6 Å². The number of amides is 1. The lowest BCUT2D eigenvalue weighted by Gasteiger charge is -2.28. The lowest BCUT2D eigenvalue weighted by atomic mass is 10.2. The summed E-state index contributed by atoms with van der Waals surface area (Å²) in [5, 5.41) is 0.491. The summed E-state index contributed by atoms with van der Waals surface area (Å²) in [5.41, 5.74) is 5.56. The molecule has 1 atom stereocenters. The van der Waals surface area contributed by atoms with E-state index >= 15 is 0 Å². The first kappa shape index (κ1) is 13.5. The van der Waals surface area contributed by atoms with Gasteiger partial charge >= 0.3 is 0 Å². The number of rotatable bonds is 2. The molecule has 1 aliphatic rings. The van der Waals surface area contributed by atoms with Crippen LogP contribution in [0.15, 0.2) is 12.3 Å². The molecular weight excluding hydrogens is 270 g/mol. The highest BCUT2D eigenvalue weighted by molar-refractivity contribution is 7.99. The predicted molar refractivity (Wildman–Crippen MR) is 76.5 cm³/mol. The third-order valence-corrected chi connectivity index (χ3v) is 4.34. The molecule has 0 radical (unpaired) electrons. The number of hydrogen-bond donors (Lipinski definition) is 1. The molecule has 98 valence electrons. The Kier molecular flexibility index (Phi) is 4.35. The summed E-state index contributed by atoms with van der Waals surface area (Å²) in [4.78, 5) is 17.6. The second-order valence-corrected chi connectivity index (χ2v) is 5.97. The summed E-state index contributed by atoms with van der Waals surface area (Å²) >= 11 is 8.15. The van der Waals surface area contributed by atoms with Crippen molar-refractivity contribution in [3.63, 3.8) is 0 Å². The number of carbonyl (C=O) groups excluding carboxylic acids is 1. The van der Waals surface area contributed by atoms with Crippen LogP contribution in [0, 0.1) is 0 Å². The minimum atomic E-state index is -0.504. The van der Waals surface area contributed by atoms with E-state index in [4.69, 9.17) is 17.3 Å². The summed E-state index contributed by atoms with van der Waals surface area (Å²) in [5.74, 6) is 2.47. The normalized spacial score (nSPS) is 20.6. The number of anilines is 1. The molecule has 0 aliphatic carbocycles. The molecule has 0 aromatic carbocycles. The highest BCUT2D eigenvalue weighted by atomic mass is 35.5. The number of primary amides is 1.